The third kappa shape index (κ3) is 5.66. The Morgan fingerprint density at radius 3 is 2.81 bits per heavy atom. The first-order valence-corrected chi connectivity index (χ1v) is 10.4. The largest absolute Gasteiger partial charge is 0.388 e. The number of hydrogen-bond acceptors (Lipinski definition) is 4. The Kier molecular flexibility index (Phi) is 7.23. The third-order valence-electron chi connectivity index (χ3n) is 5.07. The quantitative estimate of drug-likeness (QED) is 0.779. The molecule has 3 rings (SSSR count). The molecule has 2 atom stereocenters. The number of rotatable bonds is 7. The summed E-state index contributed by atoms with van der Waals surface area (Å²) in [5.41, 5.74) is 0.957. The molecule has 1 aromatic heterocycles. The second-order valence-corrected chi connectivity index (χ2v) is 8.02. The van der Waals surface area contributed by atoms with Crippen molar-refractivity contribution >= 4 is 17.2 Å². The van der Waals surface area contributed by atoms with E-state index in [0.29, 0.717) is 19.5 Å². The highest BCUT2D eigenvalue weighted by Gasteiger charge is 2.25. The van der Waals surface area contributed by atoms with Crippen LogP contribution in [0.1, 0.15) is 48.6 Å². The molecular weight excluding hydrogens is 344 g/mol. The van der Waals surface area contributed by atoms with E-state index in [-0.39, 0.29) is 11.9 Å². The fourth-order valence-corrected chi connectivity index (χ4v) is 4.26. The molecule has 1 aliphatic rings. The first-order valence-electron chi connectivity index (χ1n) is 9.48. The molecule has 0 unspecified atom stereocenters. The molecule has 1 fully saturated rings. The number of aliphatic hydroxyl groups excluding tert-OH is 1. The van der Waals surface area contributed by atoms with Crippen LogP contribution in [0.25, 0.3) is 0 Å². The number of carbonyl (C=O) groups is 1. The number of hydrogen-bond donors (Lipinski definition) is 2. The Morgan fingerprint density at radius 1 is 1.19 bits per heavy atom. The van der Waals surface area contributed by atoms with Crippen molar-refractivity contribution in [1.29, 1.82) is 0 Å². The zero-order chi connectivity index (χ0) is 18.2. The molecule has 0 saturated carbocycles. The van der Waals surface area contributed by atoms with E-state index in [0.717, 1.165) is 24.9 Å². The van der Waals surface area contributed by atoms with Gasteiger partial charge in [0.15, 0.2) is 0 Å². The molecule has 0 bridgehead atoms. The van der Waals surface area contributed by atoms with Crippen molar-refractivity contribution in [3.8, 4) is 0 Å². The monoisotopic (exact) mass is 372 g/mol. The smallest absolute Gasteiger partial charge is 0.234 e. The second-order valence-electron chi connectivity index (χ2n) is 6.99. The molecule has 1 aromatic carbocycles. The maximum Gasteiger partial charge on any atom is 0.234 e. The molecule has 26 heavy (non-hydrogen) atoms. The summed E-state index contributed by atoms with van der Waals surface area (Å²) in [6.07, 6.45) is 4.74. The molecule has 2 heterocycles. The Bertz CT molecular complexity index is 660. The molecule has 5 heteroatoms. The van der Waals surface area contributed by atoms with Crippen LogP contribution in [0.5, 0.6) is 0 Å². The lowest BCUT2D eigenvalue weighted by atomic mass is 9.98. The van der Waals surface area contributed by atoms with Gasteiger partial charge in [-0.25, -0.2) is 0 Å². The van der Waals surface area contributed by atoms with Crippen LogP contribution in [-0.4, -0.2) is 35.0 Å². The first kappa shape index (κ1) is 19.1. The van der Waals surface area contributed by atoms with Crippen molar-refractivity contribution in [2.24, 2.45) is 0 Å². The van der Waals surface area contributed by atoms with Gasteiger partial charge < -0.3 is 10.4 Å². The van der Waals surface area contributed by atoms with Gasteiger partial charge in [-0.3, -0.25) is 9.69 Å². The van der Waals surface area contributed by atoms with Gasteiger partial charge in [0.05, 0.1) is 19.2 Å². The molecule has 0 aliphatic carbocycles. The van der Waals surface area contributed by atoms with E-state index in [1.165, 1.54) is 17.7 Å². The van der Waals surface area contributed by atoms with Gasteiger partial charge in [0.2, 0.25) is 5.91 Å². The van der Waals surface area contributed by atoms with E-state index >= 15 is 0 Å². The third-order valence-corrected chi connectivity index (χ3v) is 5.94. The lowest BCUT2D eigenvalue weighted by Crippen LogP contribution is -2.43. The van der Waals surface area contributed by atoms with Crippen molar-refractivity contribution in [3.05, 3.63) is 58.3 Å². The van der Waals surface area contributed by atoms with Gasteiger partial charge in [0, 0.05) is 10.9 Å². The van der Waals surface area contributed by atoms with Crippen LogP contribution in [0.2, 0.25) is 0 Å². The van der Waals surface area contributed by atoms with Gasteiger partial charge >= 0.3 is 0 Å². The number of nitrogens with zero attached hydrogens (tertiary/aromatic N) is 1. The van der Waals surface area contributed by atoms with E-state index in [1.807, 2.05) is 47.8 Å². The molecule has 2 aromatic rings. The van der Waals surface area contributed by atoms with Gasteiger partial charge in [0.1, 0.15) is 0 Å². The number of amides is 1. The predicted octanol–water partition coefficient (Wildman–Crippen LogP) is 3.73. The fraction of sp³-hybridized carbons (Fsp3) is 0.476. The van der Waals surface area contributed by atoms with E-state index in [4.69, 9.17) is 0 Å². The number of nitrogens with one attached hydrogen (secondary N) is 1. The van der Waals surface area contributed by atoms with Crippen molar-refractivity contribution in [2.45, 2.75) is 50.8 Å². The zero-order valence-electron chi connectivity index (χ0n) is 15.1. The Labute approximate surface area is 159 Å². The van der Waals surface area contributed by atoms with Crippen LogP contribution < -0.4 is 5.32 Å². The number of benzene rings is 1. The standard InChI is InChI=1S/C21H28N2O2S/c24-20(17-8-3-1-4-9-17)14-18-10-5-2-6-12-23(18)16-21(25)22-15-19-11-7-13-26-19/h1,3-4,7-9,11,13,18,20,24H,2,5-6,10,12,14-16H2,(H,22,25)/t18-,20-/m1/s1. The molecule has 1 aliphatic heterocycles. The average Bonchev–Trinajstić information content (AvgIpc) is 3.10. The molecular formula is C21H28N2O2S. The van der Waals surface area contributed by atoms with Crippen LogP contribution >= 0.6 is 11.3 Å². The Balaban J connectivity index is 1.56. The highest BCUT2D eigenvalue weighted by Crippen LogP contribution is 2.26. The van der Waals surface area contributed by atoms with Gasteiger partial charge in [-0.2, -0.15) is 0 Å². The SMILES string of the molecule is O=C(CN1CCCCC[C@@H]1C[C@@H](O)c1ccccc1)NCc1cccs1. The number of aliphatic hydroxyl groups is 1. The molecule has 140 valence electrons. The topological polar surface area (TPSA) is 52.6 Å². The minimum Gasteiger partial charge on any atom is -0.388 e. The maximum absolute atomic E-state index is 12.4. The van der Waals surface area contributed by atoms with Crippen molar-refractivity contribution in [2.75, 3.05) is 13.1 Å². The normalized spacial score (nSPS) is 19.7. The Morgan fingerprint density at radius 2 is 2.04 bits per heavy atom. The van der Waals surface area contributed by atoms with Crippen LogP contribution in [-0.2, 0) is 11.3 Å². The van der Waals surface area contributed by atoms with Gasteiger partial charge in [-0.05, 0) is 42.8 Å². The summed E-state index contributed by atoms with van der Waals surface area (Å²) in [5.74, 6) is 0.0690. The van der Waals surface area contributed by atoms with E-state index < -0.39 is 6.10 Å². The van der Waals surface area contributed by atoms with Crippen LogP contribution in [0.4, 0.5) is 0 Å². The van der Waals surface area contributed by atoms with E-state index in [1.54, 1.807) is 11.3 Å². The average molecular weight is 373 g/mol. The zero-order valence-corrected chi connectivity index (χ0v) is 16.0. The number of likely N-dealkylation sites (tertiary alicyclic amines) is 1. The summed E-state index contributed by atoms with van der Waals surface area (Å²) in [7, 11) is 0. The van der Waals surface area contributed by atoms with Gasteiger partial charge in [0.25, 0.3) is 0 Å². The maximum atomic E-state index is 12.4. The minimum atomic E-state index is -0.476. The predicted molar refractivity (Wildman–Crippen MR) is 106 cm³/mol. The Hall–Kier alpha value is -1.69. The summed E-state index contributed by atoms with van der Waals surface area (Å²) < 4.78 is 0. The summed E-state index contributed by atoms with van der Waals surface area (Å²) in [6, 6.07) is 14.1. The van der Waals surface area contributed by atoms with Crippen LogP contribution in [0.15, 0.2) is 47.8 Å². The second kappa shape index (κ2) is 9.86. The van der Waals surface area contributed by atoms with Gasteiger partial charge in [-0.15, -0.1) is 11.3 Å². The highest BCUT2D eigenvalue weighted by atomic mass is 32.1. The molecule has 0 spiro atoms. The lowest BCUT2D eigenvalue weighted by molar-refractivity contribution is -0.123. The first-order chi connectivity index (χ1) is 12.7. The number of carbonyl (C=O) groups excluding carboxylic acids is 1. The van der Waals surface area contributed by atoms with Gasteiger partial charge in [-0.1, -0.05) is 49.2 Å². The van der Waals surface area contributed by atoms with E-state index in [9.17, 15) is 9.90 Å². The summed E-state index contributed by atoms with van der Waals surface area (Å²) >= 11 is 1.66. The van der Waals surface area contributed by atoms with Crippen molar-refractivity contribution in [3.63, 3.8) is 0 Å². The molecule has 2 N–H and O–H groups in total. The summed E-state index contributed by atoms with van der Waals surface area (Å²) in [5, 5.41) is 15.7. The van der Waals surface area contributed by atoms with Crippen LogP contribution in [0.3, 0.4) is 0 Å². The van der Waals surface area contributed by atoms with Crippen LogP contribution in [0, 0.1) is 0 Å². The number of thiophene rings is 1. The fourth-order valence-electron chi connectivity index (χ4n) is 3.62. The van der Waals surface area contributed by atoms with Crippen molar-refractivity contribution < 1.29 is 9.90 Å². The van der Waals surface area contributed by atoms with Crippen molar-refractivity contribution in [1.82, 2.24) is 10.2 Å². The molecule has 4 nitrogen and oxygen atoms in total. The summed E-state index contributed by atoms with van der Waals surface area (Å²) in [6.45, 7) is 1.94. The van der Waals surface area contributed by atoms with E-state index in [2.05, 4.69) is 10.2 Å². The summed E-state index contributed by atoms with van der Waals surface area (Å²) in [4.78, 5) is 15.8. The molecule has 1 amide bonds. The highest BCUT2D eigenvalue weighted by molar-refractivity contribution is 7.09. The minimum absolute atomic E-state index is 0.0690. The molecule has 0 radical (unpaired) electrons. The lowest BCUT2D eigenvalue weighted by Gasteiger charge is -2.31. The molecule has 1 saturated heterocycles.